The molecule has 1 fully saturated rings. The normalized spacial score (nSPS) is 19.4. The van der Waals surface area contributed by atoms with Crippen LogP contribution in [0.3, 0.4) is 0 Å². The van der Waals surface area contributed by atoms with Crippen molar-refractivity contribution in [1.82, 2.24) is 14.9 Å². The van der Waals surface area contributed by atoms with Gasteiger partial charge in [-0.15, -0.1) is 24.0 Å². The first kappa shape index (κ1) is 22.9. The lowest BCUT2D eigenvalue weighted by molar-refractivity contribution is 0.451. The SMILES string of the molecule is CCNC(=NCCN1CCCS1(=O)=O)NC(C)CCC(C)C.I. The molecule has 0 spiro atoms. The molecule has 0 saturated carbocycles. The van der Waals surface area contributed by atoms with Crippen LogP contribution < -0.4 is 10.6 Å². The van der Waals surface area contributed by atoms with E-state index < -0.39 is 10.0 Å². The van der Waals surface area contributed by atoms with E-state index in [0.29, 0.717) is 31.6 Å². The average Bonchev–Trinajstić information content (AvgIpc) is 2.76. The van der Waals surface area contributed by atoms with Crippen molar-refractivity contribution in [2.45, 2.75) is 53.0 Å². The molecule has 6 nitrogen and oxygen atoms in total. The molecule has 1 heterocycles. The second-order valence-corrected chi connectivity index (χ2v) is 8.43. The molecule has 0 radical (unpaired) electrons. The number of halogens is 1. The Labute approximate surface area is 159 Å². The minimum Gasteiger partial charge on any atom is -0.357 e. The predicted octanol–water partition coefficient (Wildman–Crippen LogP) is 2.02. The number of hydrogen-bond acceptors (Lipinski definition) is 3. The van der Waals surface area contributed by atoms with E-state index >= 15 is 0 Å². The molecule has 2 N–H and O–H groups in total. The molecule has 0 aliphatic carbocycles. The molecule has 23 heavy (non-hydrogen) atoms. The number of nitrogens with one attached hydrogen (secondary N) is 2. The second kappa shape index (κ2) is 11.5. The Morgan fingerprint density at radius 1 is 1.26 bits per heavy atom. The van der Waals surface area contributed by atoms with E-state index in [9.17, 15) is 8.42 Å². The van der Waals surface area contributed by atoms with Gasteiger partial charge in [0.1, 0.15) is 0 Å². The third kappa shape index (κ3) is 9.09. The minimum atomic E-state index is -3.02. The van der Waals surface area contributed by atoms with E-state index in [0.717, 1.165) is 25.3 Å². The highest BCUT2D eigenvalue weighted by Crippen LogP contribution is 2.12. The van der Waals surface area contributed by atoms with Gasteiger partial charge in [-0.1, -0.05) is 13.8 Å². The lowest BCUT2D eigenvalue weighted by atomic mass is 10.0. The number of aliphatic imine (C=N–C) groups is 1. The smallest absolute Gasteiger partial charge is 0.214 e. The molecule has 1 unspecified atom stereocenters. The van der Waals surface area contributed by atoms with Crippen LogP contribution in [0.4, 0.5) is 0 Å². The van der Waals surface area contributed by atoms with Gasteiger partial charge < -0.3 is 10.6 Å². The quantitative estimate of drug-likeness (QED) is 0.330. The van der Waals surface area contributed by atoms with Crippen molar-refractivity contribution in [3.8, 4) is 0 Å². The highest BCUT2D eigenvalue weighted by Gasteiger charge is 2.27. The van der Waals surface area contributed by atoms with Gasteiger partial charge in [0.25, 0.3) is 0 Å². The van der Waals surface area contributed by atoms with Crippen LogP contribution >= 0.6 is 24.0 Å². The van der Waals surface area contributed by atoms with Gasteiger partial charge in [-0.2, -0.15) is 0 Å². The monoisotopic (exact) mass is 460 g/mol. The molecule has 1 atom stereocenters. The summed E-state index contributed by atoms with van der Waals surface area (Å²) in [7, 11) is -3.02. The lowest BCUT2D eigenvalue weighted by Crippen LogP contribution is -2.42. The highest BCUT2D eigenvalue weighted by atomic mass is 127. The minimum absolute atomic E-state index is 0. The summed E-state index contributed by atoms with van der Waals surface area (Å²) in [6.07, 6.45) is 3.01. The summed E-state index contributed by atoms with van der Waals surface area (Å²) in [6, 6.07) is 0.357. The fourth-order valence-corrected chi connectivity index (χ4v) is 3.94. The zero-order valence-electron chi connectivity index (χ0n) is 14.8. The Hall–Kier alpha value is -0.0900. The topological polar surface area (TPSA) is 73.8 Å². The molecule has 1 aliphatic rings. The Morgan fingerprint density at radius 2 is 1.96 bits per heavy atom. The van der Waals surface area contributed by atoms with Crippen molar-refractivity contribution >= 4 is 40.0 Å². The van der Waals surface area contributed by atoms with Crippen molar-refractivity contribution in [2.75, 3.05) is 31.9 Å². The number of sulfonamides is 1. The summed E-state index contributed by atoms with van der Waals surface area (Å²) in [6.45, 7) is 11.0. The predicted molar refractivity (Wildman–Crippen MR) is 108 cm³/mol. The Morgan fingerprint density at radius 3 is 2.48 bits per heavy atom. The van der Waals surface area contributed by atoms with Gasteiger partial charge in [0.15, 0.2) is 5.96 Å². The molecule has 1 saturated heterocycles. The zero-order valence-corrected chi connectivity index (χ0v) is 18.0. The summed E-state index contributed by atoms with van der Waals surface area (Å²) >= 11 is 0. The lowest BCUT2D eigenvalue weighted by Gasteiger charge is -2.19. The zero-order chi connectivity index (χ0) is 16.6. The molecule has 0 aromatic rings. The molecule has 0 aromatic heterocycles. The first-order valence-electron chi connectivity index (χ1n) is 8.37. The van der Waals surface area contributed by atoms with Gasteiger partial charge in [-0.05, 0) is 39.0 Å². The number of nitrogens with zero attached hydrogens (tertiary/aromatic N) is 2. The second-order valence-electron chi connectivity index (χ2n) is 6.35. The van der Waals surface area contributed by atoms with Crippen molar-refractivity contribution in [3.63, 3.8) is 0 Å². The maximum absolute atomic E-state index is 11.7. The van der Waals surface area contributed by atoms with Crippen LogP contribution in [0.2, 0.25) is 0 Å². The van der Waals surface area contributed by atoms with E-state index in [-0.39, 0.29) is 29.7 Å². The van der Waals surface area contributed by atoms with Crippen LogP contribution in [0.1, 0.15) is 47.0 Å². The van der Waals surface area contributed by atoms with Crippen LogP contribution in [0.25, 0.3) is 0 Å². The number of guanidine groups is 1. The van der Waals surface area contributed by atoms with Gasteiger partial charge in [-0.25, -0.2) is 12.7 Å². The molecular weight excluding hydrogens is 427 g/mol. The maximum Gasteiger partial charge on any atom is 0.214 e. The fourth-order valence-electron chi connectivity index (χ4n) is 2.42. The van der Waals surface area contributed by atoms with E-state index in [4.69, 9.17) is 0 Å². The molecular formula is C15H33IN4O2S. The summed E-state index contributed by atoms with van der Waals surface area (Å²) in [4.78, 5) is 4.50. The van der Waals surface area contributed by atoms with E-state index in [1.54, 1.807) is 4.31 Å². The van der Waals surface area contributed by atoms with Gasteiger partial charge in [-0.3, -0.25) is 4.99 Å². The van der Waals surface area contributed by atoms with Crippen molar-refractivity contribution < 1.29 is 8.42 Å². The van der Waals surface area contributed by atoms with E-state index in [1.807, 2.05) is 6.92 Å². The summed E-state index contributed by atoms with van der Waals surface area (Å²) < 4.78 is 25.0. The first-order valence-corrected chi connectivity index (χ1v) is 9.98. The van der Waals surface area contributed by atoms with Gasteiger partial charge in [0.2, 0.25) is 10.0 Å². The fraction of sp³-hybridized carbons (Fsp3) is 0.933. The van der Waals surface area contributed by atoms with Crippen molar-refractivity contribution in [2.24, 2.45) is 10.9 Å². The molecule has 0 amide bonds. The summed E-state index contributed by atoms with van der Waals surface area (Å²) in [5, 5.41) is 6.61. The maximum atomic E-state index is 11.7. The number of rotatable bonds is 8. The van der Waals surface area contributed by atoms with E-state index in [2.05, 4.69) is 36.4 Å². The highest BCUT2D eigenvalue weighted by molar-refractivity contribution is 14.0. The Kier molecular flexibility index (Phi) is 11.4. The van der Waals surface area contributed by atoms with Crippen LogP contribution in [0.5, 0.6) is 0 Å². The average molecular weight is 460 g/mol. The third-order valence-corrected chi connectivity index (χ3v) is 5.68. The van der Waals surface area contributed by atoms with Crippen LogP contribution in [-0.4, -0.2) is 56.7 Å². The summed E-state index contributed by atoms with van der Waals surface area (Å²) in [5.41, 5.74) is 0. The van der Waals surface area contributed by atoms with Crippen LogP contribution in [0, 0.1) is 5.92 Å². The molecule has 0 bridgehead atoms. The largest absolute Gasteiger partial charge is 0.357 e. The molecule has 8 heteroatoms. The number of hydrogen-bond donors (Lipinski definition) is 2. The molecule has 0 aromatic carbocycles. The summed E-state index contributed by atoms with van der Waals surface area (Å²) in [5.74, 6) is 1.75. The van der Waals surface area contributed by atoms with Crippen LogP contribution in [-0.2, 0) is 10.0 Å². The Bertz CT molecular complexity index is 454. The molecule has 1 rings (SSSR count). The van der Waals surface area contributed by atoms with Gasteiger partial charge in [0, 0.05) is 25.7 Å². The first-order chi connectivity index (χ1) is 10.3. The van der Waals surface area contributed by atoms with Crippen LogP contribution in [0.15, 0.2) is 4.99 Å². The van der Waals surface area contributed by atoms with Gasteiger partial charge in [0.05, 0.1) is 12.3 Å². The Balaban J connectivity index is 0.00000484. The standard InChI is InChI=1S/C15H32N4O2S.HI/c1-5-16-15(18-14(4)8-7-13(2)3)17-9-11-19-10-6-12-22(19,20)21;/h13-14H,5-12H2,1-4H3,(H2,16,17,18);1H. The third-order valence-electron chi connectivity index (χ3n) is 3.73. The van der Waals surface area contributed by atoms with E-state index in [1.165, 1.54) is 6.42 Å². The van der Waals surface area contributed by atoms with Crippen molar-refractivity contribution in [3.05, 3.63) is 0 Å². The molecule has 138 valence electrons. The van der Waals surface area contributed by atoms with Crippen molar-refractivity contribution in [1.29, 1.82) is 0 Å². The molecule has 1 aliphatic heterocycles. The van der Waals surface area contributed by atoms with Gasteiger partial charge >= 0.3 is 0 Å².